The maximum absolute atomic E-state index is 5.11. The van der Waals surface area contributed by atoms with E-state index in [1.807, 2.05) is 128 Å². The highest BCUT2D eigenvalue weighted by atomic mass is 32.2. The fourth-order valence-electron chi connectivity index (χ4n) is 6.63. The summed E-state index contributed by atoms with van der Waals surface area (Å²) in [7, 11) is 0. The van der Waals surface area contributed by atoms with Crippen molar-refractivity contribution < 1.29 is 0 Å². The van der Waals surface area contributed by atoms with Gasteiger partial charge in [-0.15, -0.1) is 12.6 Å². The average Bonchev–Trinajstić information content (AvgIpc) is 3.27. The van der Waals surface area contributed by atoms with E-state index in [-0.39, 0.29) is 0 Å². The number of thiol groups is 1. The van der Waals surface area contributed by atoms with Crippen LogP contribution in [0.4, 0.5) is 0 Å². The smallest absolute Gasteiger partial charge is 0.164 e. The molecular weight excluding hydrogens is 723 g/mol. The Hall–Kier alpha value is -6.67. The molecule has 0 unspecified atom stereocenters. The van der Waals surface area contributed by atoms with Gasteiger partial charge in [-0.05, 0) is 41.0 Å². The van der Waals surface area contributed by atoms with Crippen LogP contribution in [0.3, 0.4) is 0 Å². The third-order valence-electron chi connectivity index (χ3n) is 9.38. The summed E-state index contributed by atoms with van der Waals surface area (Å²) in [6, 6.07) is 63.7. The van der Waals surface area contributed by atoms with E-state index >= 15 is 0 Å². The van der Waals surface area contributed by atoms with Crippen LogP contribution in [0.25, 0.3) is 79.1 Å². The van der Waals surface area contributed by atoms with Crippen molar-refractivity contribution in [3.63, 3.8) is 0 Å². The van der Waals surface area contributed by atoms with E-state index in [0.717, 1.165) is 70.5 Å². The van der Waals surface area contributed by atoms with Crippen molar-refractivity contribution in [3.05, 3.63) is 194 Å². The van der Waals surface area contributed by atoms with E-state index in [9.17, 15) is 0 Å². The van der Waals surface area contributed by atoms with Gasteiger partial charge in [0.1, 0.15) is 0 Å². The Kier molecular flexibility index (Phi) is 10.00. The quantitative estimate of drug-likeness (QED) is 0.148. The molecular formula is C49H33N5S2. The topological polar surface area (TPSA) is 64.5 Å². The van der Waals surface area contributed by atoms with Gasteiger partial charge < -0.3 is 0 Å². The lowest BCUT2D eigenvalue weighted by molar-refractivity contribution is 1.07. The van der Waals surface area contributed by atoms with E-state index in [2.05, 4.69) is 66.7 Å². The largest absolute Gasteiger partial charge is 0.235 e. The zero-order chi connectivity index (χ0) is 37.7. The Morgan fingerprint density at radius 1 is 0.375 bits per heavy atom. The number of hydrogen-bond donors (Lipinski definition) is 1. The van der Waals surface area contributed by atoms with Crippen LogP contribution < -0.4 is 0 Å². The molecule has 5 nitrogen and oxygen atoms in total. The number of benzene rings is 7. The minimum Gasteiger partial charge on any atom is -0.235 e. The Labute approximate surface area is 335 Å². The molecule has 0 aliphatic carbocycles. The summed E-state index contributed by atoms with van der Waals surface area (Å²) in [4.78, 5) is 27.8. The van der Waals surface area contributed by atoms with Gasteiger partial charge in [-0.3, -0.25) is 0 Å². The van der Waals surface area contributed by atoms with Gasteiger partial charge in [0.05, 0.1) is 10.6 Å². The highest BCUT2D eigenvalue weighted by Gasteiger charge is 2.18. The molecule has 0 atom stereocenters. The van der Waals surface area contributed by atoms with E-state index in [1.165, 1.54) is 0 Å². The molecule has 0 aliphatic rings. The monoisotopic (exact) mass is 755 g/mol. The lowest BCUT2D eigenvalue weighted by Crippen LogP contribution is -2.01. The second kappa shape index (κ2) is 16.0. The van der Waals surface area contributed by atoms with Crippen molar-refractivity contribution >= 4 is 24.4 Å². The summed E-state index contributed by atoms with van der Waals surface area (Å²) in [6.45, 7) is 0. The van der Waals surface area contributed by atoms with Gasteiger partial charge >= 0.3 is 0 Å². The first-order valence-electron chi connectivity index (χ1n) is 18.2. The van der Waals surface area contributed by atoms with Gasteiger partial charge in [-0.25, -0.2) is 24.9 Å². The van der Waals surface area contributed by atoms with Crippen molar-refractivity contribution in [3.8, 4) is 79.1 Å². The maximum Gasteiger partial charge on any atom is 0.164 e. The maximum atomic E-state index is 5.11. The van der Waals surface area contributed by atoms with Gasteiger partial charge in [-0.2, -0.15) is 0 Å². The zero-order valence-corrected chi connectivity index (χ0v) is 31.8. The summed E-state index contributed by atoms with van der Waals surface area (Å²) in [5, 5.41) is 0. The average molecular weight is 756 g/mol. The first-order chi connectivity index (χ1) is 27.7. The lowest BCUT2D eigenvalue weighted by atomic mass is 9.95. The highest BCUT2D eigenvalue weighted by molar-refractivity contribution is 7.99. The Bertz CT molecular complexity index is 2710. The zero-order valence-electron chi connectivity index (χ0n) is 30.1. The molecule has 7 aromatic carbocycles. The molecule has 0 spiro atoms. The molecule has 7 heteroatoms. The van der Waals surface area contributed by atoms with Crippen molar-refractivity contribution in [2.24, 2.45) is 0 Å². The second-order valence-electron chi connectivity index (χ2n) is 13.1. The molecule has 2 heterocycles. The molecule has 9 rings (SSSR count). The molecule has 0 saturated heterocycles. The third kappa shape index (κ3) is 7.51. The molecule has 0 aliphatic heterocycles. The van der Waals surface area contributed by atoms with Crippen LogP contribution in [0, 0.1) is 0 Å². The number of aromatic nitrogens is 5. The fraction of sp³-hybridized carbons (Fsp3) is 0. The Morgan fingerprint density at radius 2 is 0.875 bits per heavy atom. The molecule has 0 N–H and O–H groups in total. The first kappa shape index (κ1) is 35.1. The lowest BCUT2D eigenvalue weighted by Gasteiger charge is -2.15. The molecule has 2 aromatic heterocycles. The molecule has 0 saturated carbocycles. The van der Waals surface area contributed by atoms with Crippen LogP contribution in [-0.2, 0) is 0 Å². The predicted octanol–water partition coefficient (Wildman–Crippen LogP) is 12.8. The normalized spacial score (nSPS) is 11.0. The summed E-state index contributed by atoms with van der Waals surface area (Å²) in [6.07, 6.45) is 1.93. The minimum atomic E-state index is 0.585. The fourth-order valence-corrected chi connectivity index (χ4v) is 7.88. The third-order valence-corrected chi connectivity index (χ3v) is 10.8. The number of rotatable bonds is 9. The number of nitrogens with zero attached hydrogens (tertiary/aromatic N) is 5. The van der Waals surface area contributed by atoms with E-state index in [0.29, 0.717) is 23.3 Å². The minimum absolute atomic E-state index is 0.585. The van der Waals surface area contributed by atoms with Crippen molar-refractivity contribution in [1.82, 2.24) is 24.9 Å². The van der Waals surface area contributed by atoms with Gasteiger partial charge in [0.2, 0.25) is 0 Å². The van der Waals surface area contributed by atoms with Crippen molar-refractivity contribution in [1.29, 1.82) is 0 Å². The molecule has 0 radical (unpaired) electrons. The van der Waals surface area contributed by atoms with Crippen LogP contribution in [0.15, 0.2) is 209 Å². The molecule has 0 amide bonds. The van der Waals surface area contributed by atoms with E-state index < -0.39 is 0 Å². The molecule has 266 valence electrons. The first-order valence-corrected chi connectivity index (χ1v) is 19.5. The predicted molar refractivity (Wildman–Crippen MR) is 231 cm³/mol. The summed E-state index contributed by atoms with van der Waals surface area (Å²) in [5.41, 5.74) is 9.74. The van der Waals surface area contributed by atoms with Gasteiger partial charge in [-0.1, -0.05) is 176 Å². The van der Waals surface area contributed by atoms with Crippen LogP contribution in [-0.4, -0.2) is 24.9 Å². The van der Waals surface area contributed by atoms with Crippen molar-refractivity contribution in [2.45, 2.75) is 14.7 Å². The molecule has 0 fully saturated rings. The SMILES string of the molecule is Sc1cccc(-c2nc(-c3ccccc3)nc(-c3ccccc3)n2)c1-c1cccc(-c2ccc(-c3nc(-c4ccccc4)ncc3Sc3ccccc3)cc2)c1. The Morgan fingerprint density at radius 3 is 1.50 bits per heavy atom. The van der Waals surface area contributed by atoms with E-state index in [1.54, 1.807) is 11.8 Å². The van der Waals surface area contributed by atoms with Crippen LogP contribution in [0.2, 0.25) is 0 Å². The van der Waals surface area contributed by atoms with Crippen LogP contribution >= 0.6 is 24.4 Å². The molecule has 56 heavy (non-hydrogen) atoms. The highest BCUT2D eigenvalue weighted by Crippen LogP contribution is 2.40. The second-order valence-corrected chi connectivity index (χ2v) is 14.7. The summed E-state index contributed by atoms with van der Waals surface area (Å²) in [5.74, 6) is 2.51. The summed E-state index contributed by atoms with van der Waals surface area (Å²) < 4.78 is 0. The van der Waals surface area contributed by atoms with Crippen LogP contribution in [0.1, 0.15) is 0 Å². The van der Waals surface area contributed by atoms with Crippen LogP contribution in [0.5, 0.6) is 0 Å². The Balaban J connectivity index is 1.09. The molecule has 0 bridgehead atoms. The summed E-state index contributed by atoms with van der Waals surface area (Å²) >= 11 is 6.66. The van der Waals surface area contributed by atoms with Gasteiger partial charge in [0, 0.05) is 49.4 Å². The molecule has 9 aromatic rings. The van der Waals surface area contributed by atoms with E-state index in [4.69, 9.17) is 37.5 Å². The standard InChI is InChI=1S/C49H33N5S2/c55-42-26-14-25-41(49-53-47(36-17-7-2-8-18-36)52-48(54-49)37-19-9-3-10-20-37)44(42)39-22-13-21-38(31-39)33-27-29-34(30-28-33)45-43(56-40-23-11-4-12-24-40)32-50-46(51-45)35-15-5-1-6-16-35/h1-32,55H. The van der Waals surface area contributed by atoms with Gasteiger partial charge in [0.15, 0.2) is 23.3 Å². The number of hydrogen-bond acceptors (Lipinski definition) is 7. The van der Waals surface area contributed by atoms with Crippen molar-refractivity contribution in [2.75, 3.05) is 0 Å². The van der Waals surface area contributed by atoms with Gasteiger partial charge in [0.25, 0.3) is 0 Å².